The molecule has 0 saturated heterocycles. The highest BCUT2D eigenvalue weighted by Gasteiger charge is 2.16. The summed E-state index contributed by atoms with van der Waals surface area (Å²) in [5.74, 6) is 0.716. The second kappa shape index (κ2) is 11.7. The molecule has 6 heteroatoms. The molecule has 0 spiro atoms. The molecule has 1 amide bonds. The van der Waals surface area contributed by atoms with Crippen LogP contribution in [0.15, 0.2) is 90.5 Å². The smallest absolute Gasteiger partial charge is 0.262 e. The number of carbonyl (C=O) groups excluding carboxylic acids is 1. The molecule has 0 unspecified atom stereocenters. The largest absolute Gasteiger partial charge is 0.493 e. The number of carbonyl (C=O) groups is 1. The Morgan fingerprint density at radius 3 is 2.47 bits per heavy atom. The standard InChI is InChI=1S/C30H25IN2O3/c1-20(23-8-4-3-5-9-23)33-30(34)26(18-32)15-22-16-27(31)29(28(17-22)35-2)36-19-21-12-13-24-10-6-7-11-25(24)14-21/h3-17,20H,19H2,1-2H3,(H,33,34)/b26-15-/t20-/m1/s1. The minimum atomic E-state index is -0.431. The number of amides is 1. The molecule has 4 aromatic rings. The molecular formula is C30H25IN2O3. The van der Waals surface area contributed by atoms with E-state index in [2.05, 4.69) is 52.2 Å². The lowest BCUT2D eigenvalue weighted by Crippen LogP contribution is -2.27. The first-order chi connectivity index (χ1) is 17.5. The van der Waals surface area contributed by atoms with Crippen LogP contribution in [0.5, 0.6) is 11.5 Å². The van der Waals surface area contributed by atoms with Gasteiger partial charge in [0.15, 0.2) is 11.5 Å². The van der Waals surface area contributed by atoms with Crippen LogP contribution in [0.2, 0.25) is 0 Å². The van der Waals surface area contributed by atoms with Gasteiger partial charge in [0, 0.05) is 0 Å². The summed E-state index contributed by atoms with van der Waals surface area (Å²) in [6.45, 7) is 2.27. The summed E-state index contributed by atoms with van der Waals surface area (Å²) in [4.78, 5) is 12.8. The minimum Gasteiger partial charge on any atom is -0.493 e. The Balaban J connectivity index is 1.51. The summed E-state index contributed by atoms with van der Waals surface area (Å²) in [5, 5.41) is 14.9. The number of methoxy groups -OCH3 is 1. The molecule has 0 radical (unpaired) electrons. The average molecular weight is 588 g/mol. The minimum absolute atomic E-state index is 0.0143. The van der Waals surface area contributed by atoms with Crippen LogP contribution < -0.4 is 14.8 Å². The number of rotatable bonds is 8. The summed E-state index contributed by atoms with van der Waals surface area (Å²) >= 11 is 2.18. The van der Waals surface area contributed by atoms with Crippen molar-refractivity contribution in [3.8, 4) is 17.6 Å². The van der Waals surface area contributed by atoms with Crippen LogP contribution in [-0.2, 0) is 11.4 Å². The highest BCUT2D eigenvalue weighted by Crippen LogP contribution is 2.35. The summed E-state index contributed by atoms with van der Waals surface area (Å²) in [6, 6.07) is 29.5. The highest BCUT2D eigenvalue weighted by atomic mass is 127. The van der Waals surface area contributed by atoms with Crippen molar-refractivity contribution >= 4 is 45.3 Å². The number of hydrogen-bond donors (Lipinski definition) is 1. The lowest BCUT2D eigenvalue weighted by molar-refractivity contribution is -0.117. The van der Waals surface area contributed by atoms with E-state index in [0.29, 0.717) is 23.7 Å². The van der Waals surface area contributed by atoms with Gasteiger partial charge in [0.05, 0.1) is 16.7 Å². The van der Waals surface area contributed by atoms with E-state index in [1.165, 1.54) is 5.39 Å². The predicted octanol–water partition coefficient (Wildman–Crippen LogP) is 6.82. The average Bonchev–Trinajstić information content (AvgIpc) is 2.91. The number of nitriles is 1. The maximum atomic E-state index is 12.8. The van der Waals surface area contributed by atoms with Gasteiger partial charge >= 0.3 is 0 Å². The van der Waals surface area contributed by atoms with Gasteiger partial charge < -0.3 is 14.8 Å². The lowest BCUT2D eigenvalue weighted by Gasteiger charge is -2.15. The molecule has 0 aliphatic heterocycles. The first-order valence-corrected chi connectivity index (χ1v) is 12.5. The van der Waals surface area contributed by atoms with Gasteiger partial charge in [-0.15, -0.1) is 0 Å². The predicted molar refractivity (Wildman–Crippen MR) is 151 cm³/mol. The number of halogens is 1. The first-order valence-electron chi connectivity index (χ1n) is 11.4. The summed E-state index contributed by atoms with van der Waals surface area (Å²) in [5.41, 5.74) is 2.70. The van der Waals surface area contributed by atoms with Gasteiger partial charge in [-0.3, -0.25) is 4.79 Å². The van der Waals surface area contributed by atoms with E-state index in [-0.39, 0.29) is 11.6 Å². The Kier molecular flexibility index (Phi) is 8.24. The Morgan fingerprint density at radius 2 is 1.75 bits per heavy atom. The highest BCUT2D eigenvalue weighted by molar-refractivity contribution is 14.1. The van der Waals surface area contributed by atoms with Gasteiger partial charge in [-0.05, 0) is 81.3 Å². The Hall–Kier alpha value is -3.83. The van der Waals surface area contributed by atoms with Crippen LogP contribution in [0.4, 0.5) is 0 Å². The lowest BCUT2D eigenvalue weighted by atomic mass is 10.1. The van der Waals surface area contributed by atoms with Crippen LogP contribution in [-0.4, -0.2) is 13.0 Å². The first kappa shape index (κ1) is 25.3. The Morgan fingerprint density at radius 1 is 1.03 bits per heavy atom. The van der Waals surface area contributed by atoms with Crippen LogP contribution in [0.25, 0.3) is 16.8 Å². The monoisotopic (exact) mass is 588 g/mol. The van der Waals surface area contributed by atoms with E-state index in [9.17, 15) is 10.1 Å². The molecule has 0 saturated carbocycles. The van der Waals surface area contributed by atoms with Crippen molar-refractivity contribution in [2.24, 2.45) is 0 Å². The molecule has 0 heterocycles. The van der Waals surface area contributed by atoms with Crippen molar-refractivity contribution in [3.05, 3.63) is 111 Å². The maximum absolute atomic E-state index is 12.8. The summed E-state index contributed by atoms with van der Waals surface area (Å²) in [7, 11) is 1.57. The van der Waals surface area contributed by atoms with Crippen molar-refractivity contribution in [1.29, 1.82) is 5.26 Å². The van der Waals surface area contributed by atoms with Gasteiger partial charge in [0.2, 0.25) is 0 Å². The molecule has 4 rings (SSSR count). The zero-order valence-corrected chi connectivity index (χ0v) is 22.2. The number of nitrogens with zero attached hydrogens (tertiary/aromatic N) is 1. The van der Waals surface area contributed by atoms with Gasteiger partial charge in [-0.25, -0.2) is 0 Å². The number of ether oxygens (including phenoxy) is 2. The number of fused-ring (bicyclic) bond motifs is 1. The SMILES string of the molecule is COc1cc(/C=C(/C#N)C(=O)N[C@H](C)c2ccccc2)cc(I)c1OCc1ccc2ccccc2c1. The summed E-state index contributed by atoms with van der Waals surface area (Å²) < 4.78 is 12.5. The number of nitrogens with one attached hydrogen (secondary N) is 1. The number of benzene rings is 4. The van der Waals surface area contributed by atoms with Gasteiger partial charge in [0.25, 0.3) is 5.91 Å². The van der Waals surface area contributed by atoms with Gasteiger partial charge in [-0.2, -0.15) is 5.26 Å². The molecular weight excluding hydrogens is 563 g/mol. The van der Waals surface area contributed by atoms with Gasteiger partial charge in [-0.1, -0.05) is 66.7 Å². The van der Waals surface area contributed by atoms with Crippen LogP contribution in [0.1, 0.15) is 29.7 Å². The van der Waals surface area contributed by atoms with Crippen molar-refractivity contribution < 1.29 is 14.3 Å². The fourth-order valence-corrected chi connectivity index (χ4v) is 4.64. The van der Waals surface area contributed by atoms with E-state index in [4.69, 9.17) is 9.47 Å². The molecule has 4 aromatic carbocycles. The van der Waals surface area contributed by atoms with E-state index in [1.807, 2.05) is 67.6 Å². The molecule has 0 bridgehead atoms. The van der Waals surface area contributed by atoms with E-state index in [1.54, 1.807) is 19.3 Å². The quantitative estimate of drug-likeness (QED) is 0.139. The molecule has 5 nitrogen and oxygen atoms in total. The van der Waals surface area contributed by atoms with Crippen molar-refractivity contribution in [1.82, 2.24) is 5.32 Å². The molecule has 0 aliphatic rings. The second-order valence-electron chi connectivity index (χ2n) is 8.28. The topological polar surface area (TPSA) is 71.3 Å². The molecule has 0 fully saturated rings. The van der Waals surface area contributed by atoms with E-state index >= 15 is 0 Å². The van der Waals surface area contributed by atoms with Crippen molar-refractivity contribution in [2.45, 2.75) is 19.6 Å². The van der Waals surface area contributed by atoms with Crippen molar-refractivity contribution in [3.63, 3.8) is 0 Å². The van der Waals surface area contributed by atoms with E-state index < -0.39 is 5.91 Å². The Bertz CT molecular complexity index is 1460. The third kappa shape index (κ3) is 6.04. The van der Waals surface area contributed by atoms with Crippen LogP contribution in [0.3, 0.4) is 0 Å². The summed E-state index contributed by atoms with van der Waals surface area (Å²) in [6.07, 6.45) is 1.56. The normalized spacial score (nSPS) is 12.0. The fraction of sp³-hybridized carbons (Fsp3) is 0.133. The maximum Gasteiger partial charge on any atom is 0.262 e. The third-order valence-corrected chi connectivity index (χ3v) is 6.57. The molecule has 180 valence electrons. The van der Waals surface area contributed by atoms with Crippen molar-refractivity contribution in [2.75, 3.05) is 7.11 Å². The van der Waals surface area contributed by atoms with Crippen LogP contribution in [0, 0.1) is 14.9 Å². The number of hydrogen-bond acceptors (Lipinski definition) is 4. The second-order valence-corrected chi connectivity index (χ2v) is 9.44. The zero-order chi connectivity index (χ0) is 25.5. The third-order valence-electron chi connectivity index (χ3n) is 5.77. The molecule has 0 aromatic heterocycles. The molecule has 1 atom stereocenters. The molecule has 0 aliphatic carbocycles. The molecule has 36 heavy (non-hydrogen) atoms. The fourth-order valence-electron chi connectivity index (χ4n) is 3.86. The zero-order valence-electron chi connectivity index (χ0n) is 20.0. The van der Waals surface area contributed by atoms with E-state index in [0.717, 1.165) is 20.1 Å². The Labute approximate surface area is 224 Å². The molecule has 1 N–H and O–H groups in total. The van der Waals surface area contributed by atoms with Gasteiger partial charge in [0.1, 0.15) is 18.2 Å². The van der Waals surface area contributed by atoms with Crippen LogP contribution >= 0.6 is 22.6 Å².